The summed E-state index contributed by atoms with van der Waals surface area (Å²) in [5.41, 5.74) is 1.51. The fourth-order valence-electron chi connectivity index (χ4n) is 1.80. The van der Waals surface area contributed by atoms with Gasteiger partial charge in [0.15, 0.2) is 0 Å². The number of hydrogen-bond donors (Lipinski definition) is 1. The lowest BCUT2D eigenvalue weighted by molar-refractivity contribution is -0.384. The van der Waals surface area contributed by atoms with E-state index in [1.807, 2.05) is 0 Å². The second kappa shape index (κ2) is 5.88. The molecule has 6 heteroatoms. The van der Waals surface area contributed by atoms with Gasteiger partial charge in [-0.2, -0.15) is 0 Å². The Bertz CT molecular complexity index is 662. The molecule has 0 heterocycles. The Morgan fingerprint density at radius 1 is 1.30 bits per heavy atom. The van der Waals surface area contributed by atoms with E-state index in [4.69, 9.17) is 11.6 Å². The lowest BCUT2D eigenvalue weighted by atomic mass is 10.1. The molecule has 0 atom stereocenters. The van der Waals surface area contributed by atoms with Gasteiger partial charge >= 0.3 is 0 Å². The zero-order valence-electron chi connectivity index (χ0n) is 10.7. The highest BCUT2D eigenvalue weighted by molar-refractivity contribution is 6.30. The monoisotopic (exact) mass is 294 g/mol. The molecule has 2 rings (SSSR count). The first kappa shape index (κ1) is 14.3. The summed E-state index contributed by atoms with van der Waals surface area (Å²) >= 11 is 5.67. The maximum absolute atomic E-state index is 13.6. The molecule has 1 N–H and O–H groups in total. The van der Waals surface area contributed by atoms with Crippen LogP contribution in [0.2, 0.25) is 5.02 Å². The topological polar surface area (TPSA) is 55.2 Å². The number of hydrogen-bond acceptors (Lipinski definition) is 3. The average molecular weight is 295 g/mol. The first-order chi connectivity index (χ1) is 9.47. The molecule has 0 aliphatic rings. The van der Waals surface area contributed by atoms with Crippen molar-refractivity contribution in [3.05, 3.63) is 68.5 Å². The van der Waals surface area contributed by atoms with Gasteiger partial charge in [-0.1, -0.05) is 23.7 Å². The first-order valence-electron chi connectivity index (χ1n) is 5.90. The van der Waals surface area contributed by atoms with E-state index >= 15 is 0 Å². The number of nitro groups is 1. The predicted molar refractivity (Wildman–Crippen MR) is 76.6 cm³/mol. The standard InChI is InChI=1S/C14H12ClFN2O2/c1-9-2-5-13(14(6-9)18(19)20)17-8-10-3-4-11(15)7-12(10)16/h2-7,17H,8H2,1H3. The number of nitrogens with one attached hydrogen (secondary N) is 1. The Balaban J connectivity index is 2.20. The van der Waals surface area contributed by atoms with Gasteiger partial charge < -0.3 is 5.32 Å². The Hall–Kier alpha value is -2.14. The van der Waals surface area contributed by atoms with Crippen LogP contribution in [0.5, 0.6) is 0 Å². The summed E-state index contributed by atoms with van der Waals surface area (Å²) in [7, 11) is 0. The molecule has 20 heavy (non-hydrogen) atoms. The molecule has 0 fully saturated rings. The molecule has 0 radical (unpaired) electrons. The van der Waals surface area contributed by atoms with Crippen LogP contribution in [0.1, 0.15) is 11.1 Å². The van der Waals surface area contributed by atoms with Crippen LogP contribution in [-0.4, -0.2) is 4.92 Å². The van der Waals surface area contributed by atoms with E-state index in [1.54, 1.807) is 31.2 Å². The average Bonchev–Trinajstić information content (AvgIpc) is 2.38. The lowest BCUT2D eigenvalue weighted by Crippen LogP contribution is -2.04. The van der Waals surface area contributed by atoms with Crippen LogP contribution in [0.3, 0.4) is 0 Å². The van der Waals surface area contributed by atoms with Crippen molar-refractivity contribution in [3.63, 3.8) is 0 Å². The third-order valence-electron chi connectivity index (χ3n) is 2.83. The van der Waals surface area contributed by atoms with Crippen molar-refractivity contribution in [3.8, 4) is 0 Å². The number of nitrogens with zero attached hydrogens (tertiary/aromatic N) is 1. The summed E-state index contributed by atoms with van der Waals surface area (Å²) in [6, 6.07) is 9.17. The zero-order valence-corrected chi connectivity index (χ0v) is 11.4. The molecule has 0 saturated carbocycles. The molecule has 0 unspecified atom stereocenters. The fraction of sp³-hybridized carbons (Fsp3) is 0.143. The Morgan fingerprint density at radius 2 is 2.05 bits per heavy atom. The molecule has 4 nitrogen and oxygen atoms in total. The van der Waals surface area contributed by atoms with Crippen LogP contribution in [-0.2, 0) is 6.54 Å². The molecule has 0 aliphatic carbocycles. The second-order valence-electron chi connectivity index (χ2n) is 4.37. The van der Waals surface area contributed by atoms with Crippen LogP contribution < -0.4 is 5.32 Å². The van der Waals surface area contributed by atoms with Crippen LogP contribution in [0, 0.1) is 22.9 Å². The molecule has 0 spiro atoms. The van der Waals surface area contributed by atoms with E-state index in [1.165, 1.54) is 12.1 Å². The van der Waals surface area contributed by atoms with Gasteiger partial charge in [0.25, 0.3) is 5.69 Å². The molecule has 0 bridgehead atoms. The highest BCUT2D eigenvalue weighted by atomic mass is 35.5. The van der Waals surface area contributed by atoms with Gasteiger partial charge in [-0.15, -0.1) is 0 Å². The lowest BCUT2D eigenvalue weighted by Gasteiger charge is -2.09. The molecule has 2 aromatic carbocycles. The number of anilines is 1. The van der Waals surface area contributed by atoms with E-state index in [9.17, 15) is 14.5 Å². The minimum atomic E-state index is -0.465. The van der Waals surface area contributed by atoms with E-state index < -0.39 is 10.7 Å². The van der Waals surface area contributed by atoms with Gasteiger partial charge in [0.05, 0.1) is 4.92 Å². The smallest absolute Gasteiger partial charge is 0.292 e. The normalized spacial score (nSPS) is 10.3. The van der Waals surface area contributed by atoms with Gasteiger partial charge in [-0.05, 0) is 30.7 Å². The van der Waals surface area contributed by atoms with E-state index in [0.29, 0.717) is 16.3 Å². The minimum absolute atomic E-state index is 0.0284. The molecule has 0 aromatic heterocycles. The Labute approximate surface area is 120 Å². The molecule has 0 aliphatic heterocycles. The van der Waals surface area contributed by atoms with Crippen LogP contribution in [0.15, 0.2) is 36.4 Å². The van der Waals surface area contributed by atoms with Crippen LogP contribution in [0.4, 0.5) is 15.8 Å². The van der Waals surface area contributed by atoms with Crippen molar-refractivity contribution in [1.29, 1.82) is 0 Å². The summed E-state index contributed by atoms with van der Waals surface area (Å²) < 4.78 is 13.6. The van der Waals surface area contributed by atoms with Gasteiger partial charge in [0.1, 0.15) is 11.5 Å². The predicted octanol–water partition coefficient (Wildman–Crippen LogP) is 4.31. The van der Waals surface area contributed by atoms with E-state index in [-0.39, 0.29) is 12.2 Å². The third kappa shape index (κ3) is 3.24. The summed E-state index contributed by atoms with van der Waals surface area (Å²) in [5, 5.41) is 14.2. The van der Waals surface area contributed by atoms with Crippen molar-refractivity contribution in [2.75, 3.05) is 5.32 Å². The van der Waals surface area contributed by atoms with Crippen LogP contribution >= 0.6 is 11.6 Å². The van der Waals surface area contributed by atoms with E-state index in [0.717, 1.165) is 5.56 Å². The number of aryl methyl sites for hydroxylation is 1. The zero-order chi connectivity index (χ0) is 14.7. The molecular formula is C14H12ClFN2O2. The number of nitro benzene ring substituents is 1. The Morgan fingerprint density at radius 3 is 2.70 bits per heavy atom. The van der Waals surface area contributed by atoms with E-state index in [2.05, 4.69) is 5.32 Å². The summed E-state index contributed by atoms with van der Waals surface area (Å²) in [4.78, 5) is 10.5. The molecule has 0 saturated heterocycles. The first-order valence-corrected chi connectivity index (χ1v) is 6.28. The highest BCUT2D eigenvalue weighted by Gasteiger charge is 2.13. The van der Waals surface area contributed by atoms with Crippen LogP contribution in [0.25, 0.3) is 0 Å². The van der Waals surface area contributed by atoms with Crippen molar-refractivity contribution in [2.24, 2.45) is 0 Å². The quantitative estimate of drug-likeness (QED) is 0.675. The molecule has 2 aromatic rings. The largest absolute Gasteiger partial charge is 0.375 e. The fourth-order valence-corrected chi connectivity index (χ4v) is 1.96. The summed E-state index contributed by atoms with van der Waals surface area (Å²) in [6.07, 6.45) is 0. The molecule has 0 amide bonds. The summed E-state index contributed by atoms with van der Waals surface area (Å²) in [5.74, 6) is -0.445. The molecule has 104 valence electrons. The number of benzene rings is 2. The second-order valence-corrected chi connectivity index (χ2v) is 4.80. The minimum Gasteiger partial charge on any atom is -0.375 e. The maximum Gasteiger partial charge on any atom is 0.292 e. The maximum atomic E-state index is 13.6. The SMILES string of the molecule is Cc1ccc(NCc2ccc(Cl)cc2F)c([N+](=O)[O-])c1. The Kier molecular flexibility index (Phi) is 4.20. The van der Waals surface area contributed by atoms with Crippen molar-refractivity contribution >= 4 is 23.0 Å². The number of halogens is 2. The molecular weight excluding hydrogens is 283 g/mol. The highest BCUT2D eigenvalue weighted by Crippen LogP contribution is 2.26. The van der Waals surface area contributed by atoms with Gasteiger partial charge in [0, 0.05) is 23.2 Å². The van der Waals surface area contributed by atoms with Gasteiger partial charge in [0.2, 0.25) is 0 Å². The van der Waals surface area contributed by atoms with Gasteiger partial charge in [-0.3, -0.25) is 10.1 Å². The third-order valence-corrected chi connectivity index (χ3v) is 3.07. The van der Waals surface area contributed by atoms with Crippen molar-refractivity contribution < 1.29 is 9.31 Å². The summed E-state index contributed by atoms with van der Waals surface area (Å²) in [6.45, 7) is 1.92. The van der Waals surface area contributed by atoms with Crippen molar-refractivity contribution in [2.45, 2.75) is 13.5 Å². The van der Waals surface area contributed by atoms with Gasteiger partial charge in [-0.25, -0.2) is 4.39 Å². The van der Waals surface area contributed by atoms with Crippen molar-refractivity contribution in [1.82, 2.24) is 0 Å². The number of rotatable bonds is 4.